The lowest BCUT2D eigenvalue weighted by Crippen LogP contribution is -1.97. The molecule has 0 aliphatic heterocycles. The van der Waals surface area contributed by atoms with Gasteiger partial charge in [-0.1, -0.05) is 0 Å². The minimum Gasteiger partial charge on any atom is -0.497 e. The van der Waals surface area contributed by atoms with Crippen LogP contribution in [0.4, 0.5) is 11.6 Å². The van der Waals surface area contributed by atoms with E-state index in [0.29, 0.717) is 17.3 Å². The van der Waals surface area contributed by atoms with E-state index in [0.717, 1.165) is 11.4 Å². The topological polar surface area (TPSA) is 73.6 Å². The molecule has 0 saturated carbocycles. The van der Waals surface area contributed by atoms with E-state index in [-0.39, 0.29) is 0 Å². The smallest absolute Gasteiger partial charge is 0.247 e. The van der Waals surface area contributed by atoms with Gasteiger partial charge in [0.05, 0.1) is 26.1 Å². The maximum atomic E-state index is 5.30. The van der Waals surface area contributed by atoms with E-state index >= 15 is 0 Å². The van der Waals surface area contributed by atoms with E-state index in [1.165, 1.54) is 0 Å². The SMILES string of the molecule is COc1ccc(OC)c(Nc2nc3cnccn3n2)c1. The van der Waals surface area contributed by atoms with Gasteiger partial charge in [0.15, 0.2) is 5.65 Å². The van der Waals surface area contributed by atoms with Crippen LogP contribution in [0.3, 0.4) is 0 Å². The highest BCUT2D eigenvalue weighted by molar-refractivity contribution is 5.65. The molecule has 2 heterocycles. The van der Waals surface area contributed by atoms with E-state index in [9.17, 15) is 0 Å². The molecule has 0 aliphatic carbocycles. The Labute approximate surface area is 115 Å². The number of nitrogens with one attached hydrogen (secondary N) is 1. The Morgan fingerprint density at radius 2 is 2.10 bits per heavy atom. The molecular weight excluding hydrogens is 258 g/mol. The number of aromatic nitrogens is 4. The van der Waals surface area contributed by atoms with Gasteiger partial charge in [0, 0.05) is 18.5 Å². The van der Waals surface area contributed by atoms with Gasteiger partial charge in [0.2, 0.25) is 5.95 Å². The quantitative estimate of drug-likeness (QED) is 0.781. The van der Waals surface area contributed by atoms with Gasteiger partial charge in [0.25, 0.3) is 0 Å². The molecule has 0 fully saturated rings. The summed E-state index contributed by atoms with van der Waals surface area (Å²) in [4.78, 5) is 8.32. The monoisotopic (exact) mass is 271 g/mol. The maximum Gasteiger partial charge on any atom is 0.247 e. The second kappa shape index (κ2) is 5.04. The van der Waals surface area contributed by atoms with Crippen molar-refractivity contribution in [1.82, 2.24) is 19.6 Å². The first kappa shape index (κ1) is 12.2. The van der Waals surface area contributed by atoms with Crippen LogP contribution in [0.5, 0.6) is 11.5 Å². The van der Waals surface area contributed by atoms with Gasteiger partial charge < -0.3 is 14.8 Å². The maximum absolute atomic E-state index is 5.30. The Bertz CT molecular complexity index is 707. The van der Waals surface area contributed by atoms with Crippen molar-refractivity contribution in [3.8, 4) is 11.5 Å². The molecule has 0 amide bonds. The summed E-state index contributed by atoms with van der Waals surface area (Å²) in [5, 5.41) is 7.41. The number of fused-ring (bicyclic) bond motifs is 1. The predicted octanol–water partition coefficient (Wildman–Crippen LogP) is 1.89. The Hall–Kier alpha value is -2.83. The first-order valence-electron chi connectivity index (χ1n) is 5.95. The van der Waals surface area contributed by atoms with Crippen molar-refractivity contribution in [2.45, 2.75) is 0 Å². The van der Waals surface area contributed by atoms with E-state index < -0.39 is 0 Å². The molecule has 0 bridgehead atoms. The Kier molecular flexibility index (Phi) is 3.08. The predicted molar refractivity (Wildman–Crippen MR) is 73.6 cm³/mol. The van der Waals surface area contributed by atoms with Crippen LogP contribution in [0, 0.1) is 0 Å². The molecule has 1 N–H and O–H groups in total. The van der Waals surface area contributed by atoms with Crippen molar-refractivity contribution in [1.29, 1.82) is 0 Å². The van der Waals surface area contributed by atoms with Crippen molar-refractivity contribution in [2.75, 3.05) is 19.5 Å². The zero-order valence-electron chi connectivity index (χ0n) is 11.1. The van der Waals surface area contributed by atoms with E-state index in [1.807, 2.05) is 18.2 Å². The van der Waals surface area contributed by atoms with Crippen LogP contribution in [0.25, 0.3) is 5.65 Å². The molecule has 0 atom stereocenters. The molecule has 3 rings (SSSR count). The van der Waals surface area contributed by atoms with Crippen LogP contribution in [-0.4, -0.2) is 33.8 Å². The van der Waals surface area contributed by atoms with Gasteiger partial charge in [-0.3, -0.25) is 4.98 Å². The fourth-order valence-corrected chi connectivity index (χ4v) is 1.83. The Morgan fingerprint density at radius 1 is 1.20 bits per heavy atom. The summed E-state index contributed by atoms with van der Waals surface area (Å²) in [5.41, 5.74) is 1.40. The van der Waals surface area contributed by atoms with Crippen LogP contribution >= 0.6 is 0 Å². The van der Waals surface area contributed by atoms with Crippen molar-refractivity contribution >= 4 is 17.3 Å². The summed E-state index contributed by atoms with van der Waals surface area (Å²) in [6.07, 6.45) is 5.02. The van der Waals surface area contributed by atoms with Crippen molar-refractivity contribution < 1.29 is 9.47 Å². The highest BCUT2D eigenvalue weighted by Crippen LogP contribution is 2.30. The normalized spacial score (nSPS) is 10.5. The summed E-state index contributed by atoms with van der Waals surface area (Å²) >= 11 is 0. The van der Waals surface area contributed by atoms with Crippen LogP contribution in [0.1, 0.15) is 0 Å². The van der Waals surface area contributed by atoms with E-state index in [1.54, 1.807) is 37.3 Å². The van der Waals surface area contributed by atoms with Gasteiger partial charge in [-0.25, -0.2) is 4.52 Å². The number of hydrogen-bond donors (Lipinski definition) is 1. The average molecular weight is 271 g/mol. The molecule has 0 spiro atoms. The molecule has 102 valence electrons. The molecule has 7 nitrogen and oxygen atoms in total. The van der Waals surface area contributed by atoms with Crippen molar-refractivity contribution in [2.24, 2.45) is 0 Å². The van der Waals surface area contributed by atoms with Gasteiger partial charge in [-0.15, -0.1) is 5.10 Å². The zero-order chi connectivity index (χ0) is 13.9. The van der Waals surface area contributed by atoms with Crippen LogP contribution < -0.4 is 14.8 Å². The molecule has 7 heteroatoms. The standard InChI is InChI=1S/C13H13N5O2/c1-19-9-3-4-11(20-2)10(7-9)15-13-16-12-8-14-5-6-18(12)17-13/h3-8H,1-2H3,(H,15,17). The number of rotatable bonds is 4. The molecule has 0 unspecified atom stereocenters. The lowest BCUT2D eigenvalue weighted by Gasteiger charge is -2.10. The summed E-state index contributed by atoms with van der Waals surface area (Å²) in [7, 11) is 3.22. The minimum atomic E-state index is 0.463. The first-order chi connectivity index (χ1) is 9.80. The van der Waals surface area contributed by atoms with Crippen molar-refractivity contribution in [3.63, 3.8) is 0 Å². The molecule has 0 radical (unpaired) electrons. The Morgan fingerprint density at radius 3 is 2.85 bits per heavy atom. The molecule has 2 aromatic heterocycles. The zero-order valence-corrected chi connectivity index (χ0v) is 11.1. The molecule has 0 aliphatic rings. The number of anilines is 2. The molecular formula is C13H13N5O2. The highest BCUT2D eigenvalue weighted by Gasteiger charge is 2.09. The number of hydrogen-bond acceptors (Lipinski definition) is 6. The highest BCUT2D eigenvalue weighted by atomic mass is 16.5. The molecule has 20 heavy (non-hydrogen) atoms. The lowest BCUT2D eigenvalue weighted by molar-refractivity contribution is 0.405. The summed E-state index contributed by atoms with van der Waals surface area (Å²) in [6, 6.07) is 5.46. The van der Waals surface area contributed by atoms with Gasteiger partial charge in [-0.05, 0) is 12.1 Å². The summed E-state index contributed by atoms with van der Waals surface area (Å²) < 4.78 is 12.1. The van der Waals surface area contributed by atoms with Crippen LogP contribution in [0.15, 0.2) is 36.8 Å². The van der Waals surface area contributed by atoms with Crippen molar-refractivity contribution in [3.05, 3.63) is 36.8 Å². The molecule has 1 aromatic carbocycles. The number of methoxy groups -OCH3 is 2. The fraction of sp³-hybridized carbons (Fsp3) is 0.154. The third kappa shape index (κ3) is 2.20. The average Bonchev–Trinajstić information content (AvgIpc) is 2.89. The van der Waals surface area contributed by atoms with E-state index in [2.05, 4.69) is 20.4 Å². The third-order valence-corrected chi connectivity index (χ3v) is 2.79. The Balaban J connectivity index is 1.97. The summed E-state index contributed by atoms with van der Waals surface area (Å²) in [5.74, 6) is 1.87. The fourth-order valence-electron chi connectivity index (χ4n) is 1.83. The van der Waals surface area contributed by atoms with Gasteiger partial charge in [-0.2, -0.15) is 4.98 Å². The molecule has 0 saturated heterocycles. The number of nitrogens with zero attached hydrogens (tertiary/aromatic N) is 4. The third-order valence-electron chi connectivity index (χ3n) is 2.79. The van der Waals surface area contributed by atoms with E-state index in [4.69, 9.17) is 9.47 Å². The largest absolute Gasteiger partial charge is 0.497 e. The van der Waals surface area contributed by atoms with Gasteiger partial charge in [0.1, 0.15) is 11.5 Å². The minimum absolute atomic E-state index is 0.463. The number of ether oxygens (including phenoxy) is 2. The second-order valence-electron chi connectivity index (χ2n) is 4.01. The van der Waals surface area contributed by atoms with Crippen LogP contribution in [0.2, 0.25) is 0 Å². The summed E-state index contributed by atoms with van der Waals surface area (Å²) in [6.45, 7) is 0. The first-order valence-corrected chi connectivity index (χ1v) is 5.95. The lowest BCUT2D eigenvalue weighted by atomic mass is 10.2. The second-order valence-corrected chi connectivity index (χ2v) is 4.01. The van der Waals surface area contributed by atoms with Crippen LogP contribution in [-0.2, 0) is 0 Å². The van der Waals surface area contributed by atoms with Gasteiger partial charge >= 0.3 is 0 Å². The number of benzene rings is 1. The molecule has 3 aromatic rings.